The Morgan fingerprint density at radius 2 is 2.33 bits per heavy atom. The fraction of sp³-hybridized carbons (Fsp3) is 0.200. The van der Waals surface area contributed by atoms with Crippen molar-refractivity contribution >= 4 is 27.9 Å². The average molecular weight is 352 g/mol. The summed E-state index contributed by atoms with van der Waals surface area (Å²) in [5, 5.41) is 2.75. The summed E-state index contributed by atoms with van der Waals surface area (Å²) in [6.07, 6.45) is 7.82. The lowest BCUT2D eigenvalue weighted by atomic mass is 10.2. The number of aromatic nitrogens is 2. The van der Waals surface area contributed by atoms with Gasteiger partial charge in [-0.15, -0.1) is 0 Å². The molecule has 0 atom stereocenters. The van der Waals surface area contributed by atoms with Crippen LogP contribution in [0.2, 0.25) is 0 Å². The standard InChI is InChI=1S/C15H15BrFN3O/c16-12-4-5-13(17)11(10-12)3-6-15(21)20-7-1-2-14-18-8-9-19-14/h3-6,8-10H,1-2,7H2,(H,18,19)(H,20,21)/b6-3+. The van der Waals surface area contributed by atoms with Gasteiger partial charge in [-0.3, -0.25) is 4.79 Å². The molecule has 1 aromatic heterocycles. The van der Waals surface area contributed by atoms with Crippen molar-refractivity contribution in [3.63, 3.8) is 0 Å². The Hall–Kier alpha value is -1.95. The minimum absolute atomic E-state index is 0.242. The molecule has 0 saturated carbocycles. The van der Waals surface area contributed by atoms with E-state index in [0.29, 0.717) is 12.1 Å². The van der Waals surface area contributed by atoms with Crippen molar-refractivity contribution in [1.29, 1.82) is 0 Å². The minimum Gasteiger partial charge on any atom is -0.353 e. The van der Waals surface area contributed by atoms with Gasteiger partial charge in [-0.1, -0.05) is 15.9 Å². The number of aromatic amines is 1. The minimum atomic E-state index is -0.361. The van der Waals surface area contributed by atoms with E-state index in [2.05, 4.69) is 31.2 Å². The Kier molecular flexibility index (Phi) is 5.68. The van der Waals surface area contributed by atoms with E-state index in [4.69, 9.17) is 0 Å². The summed E-state index contributed by atoms with van der Waals surface area (Å²) in [5.74, 6) is 0.296. The van der Waals surface area contributed by atoms with Crippen molar-refractivity contribution < 1.29 is 9.18 Å². The highest BCUT2D eigenvalue weighted by Gasteiger charge is 2.01. The van der Waals surface area contributed by atoms with Crippen LogP contribution in [-0.4, -0.2) is 22.4 Å². The van der Waals surface area contributed by atoms with Crippen LogP contribution in [0.3, 0.4) is 0 Å². The number of imidazole rings is 1. The summed E-state index contributed by atoms with van der Waals surface area (Å²) in [7, 11) is 0. The zero-order valence-corrected chi connectivity index (χ0v) is 12.9. The molecule has 0 aliphatic heterocycles. The highest BCUT2D eigenvalue weighted by molar-refractivity contribution is 9.10. The van der Waals surface area contributed by atoms with E-state index in [-0.39, 0.29) is 11.7 Å². The number of carbonyl (C=O) groups excluding carboxylic acids is 1. The number of nitrogens with one attached hydrogen (secondary N) is 2. The Morgan fingerprint density at radius 1 is 1.48 bits per heavy atom. The number of rotatable bonds is 6. The van der Waals surface area contributed by atoms with Gasteiger partial charge in [-0.05, 0) is 30.7 Å². The summed E-state index contributed by atoms with van der Waals surface area (Å²) in [4.78, 5) is 18.7. The maximum Gasteiger partial charge on any atom is 0.244 e. The van der Waals surface area contributed by atoms with Crippen LogP contribution >= 0.6 is 15.9 Å². The maximum absolute atomic E-state index is 13.5. The molecule has 1 aromatic carbocycles. The third kappa shape index (κ3) is 5.15. The van der Waals surface area contributed by atoms with Gasteiger partial charge in [0, 0.05) is 41.5 Å². The molecule has 0 aliphatic carbocycles. The number of nitrogens with zero attached hydrogens (tertiary/aromatic N) is 1. The zero-order valence-electron chi connectivity index (χ0n) is 11.3. The number of aryl methyl sites for hydroxylation is 1. The smallest absolute Gasteiger partial charge is 0.244 e. The van der Waals surface area contributed by atoms with Gasteiger partial charge < -0.3 is 10.3 Å². The fourth-order valence-corrected chi connectivity index (χ4v) is 2.15. The van der Waals surface area contributed by atoms with Crippen LogP contribution in [0.4, 0.5) is 4.39 Å². The first-order chi connectivity index (χ1) is 10.1. The number of halogens is 2. The Bertz CT molecular complexity index is 626. The van der Waals surface area contributed by atoms with E-state index in [9.17, 15) is 9.18 Å². The van der Waals surface area contributed by atoms with E-state index in [1.54, 1.807) is 24.5 Å². The number of H-pyrrole nitrogens is 1. The SMILES string of the molecule is O=C(/C=C/c1cc(Br)ccc1F)NCCCc1ncc[nH]1. The lowest BCUT2D eigenvalue weighted by molar-refractivity contribution is -0.116. The van der Waals surface area contributed by atoms with E-state index in [1.165, 1.54) is 18.2 Å². The first kappa shape index (κ1) is 15.4. The second-order valence-corrected chi connectivity index (χ2v) is 5.35. The van der Waals surface area contributed by atoms with Crippen molar-refractivity contribution in [3.8, 4) is 0 Å². The Morgan fingerprint density at radius 3 is 3.10 bits per heavy atom. The largest absolute Gasteiger partial charge is 0.353 e. The summed E-state index contributed by atoms with van der Waals surface area (Å²) in [5.41, 5.74) is 0.370. The molecule has 21 heavy (non-hydrogen) atoms. The lowest BCUT2D eigenvalue weighted by Crippen LogP contribution is -2.22. The third-order valence-corrected chi connectivity index (χ3v) is 3.31. The molecule has 0 bridgehead atoms. The molecule has 0 aliphatic rings. The molecule has 1 heterocycles. The van der Waals surface area contributed by atoms with Crippen molar-refractivity contribution in [1.82, 2.24) is 15.3 Å². The van der Waals surface area contributed by atoms with Gasteiger partial charge in [-0.25, -0.2) is 9.37 Å². The van der Waals surface area contributed by atoms with Crippen molar-refractivity contribution in [2.75, 3.05) is 6.54 Å². The number of benzene rings is 1. The van der Waals surface area contributed by atoms with Crippen molar-refractivity contribution in [2.45, 2.75) is 12.8 Å². The number of hydrogen-bond donors (Lipinski definition) is 2. The topological polar surface area (TPSA) is 57.8 Å². The van der Waals surface area contributed by atoms with Gasteiger partial charge in [0.15, 0.2) is 0 Å². The summed E-state index contributed by atoms with van der Waals surface area (Å²) in [6, 6.07) is 4.59. The van der Waals surface area contributed by atoms with E-state index >= 15 is 0 Å². The molecule has 1 amide bonds. The molecule has 4 nitrogen and oxygen atoms in total. The molecule has 0 radical (unpaired) electrons. The van der Waals surface area contributed by atoms with Crippen LogP contribution in [0.1, 0.15) is 17.8 Å². The number of amides is 1. The van der Waals surface area contributed by atoms with Crippen LogP contribution in [0, 0.1) is 5.82 Å². The summed E-state index contributed by atoms with van der Waals surface area (Å²) < 4.78 is 14.2. The first-order valence-corrected chi connectivity index (χ1v) is 7.33. The van der Waals surface area contributed by atoms with Crippen LogP contribution in [-0.2, 0) is 11.2 Å². The van der Waals surface area contributed by atoms with Gasteiger partial charge in [0.25, 0.3) is 0 Å². The summed E-state index contributed by atoms with van der Waals surface area (Å²) >= 11 is 3.26. The monoisotopic (exact) mass is 351 g/mol. The molecule has 0 saturated heterocycles. The zero-order chi connectivity index (χ0) is 15.1. The lowest BCUT2D eigenvalue weighted by Gasteiger charge is -2.01. The molecule has 0 spiro atoms. The highest BCUT2D eigenvalue weighted by Crippen LogP contribution is 2.16. The molecule has 2 N–H and O–H groups in total. The Balaban J connectivity index is 1.76. The second kappa shape index (κ2) is 7.73. The predicted molar refractivity (Wildman–Crippen MR) is 83.1 cm³/mol. The number of carbonyl (C=O) groups is 1. The van der Waals surface area contributed by atoms with Gasteiger partial charge in [0.1, 0.15) is 11.6 Å². The van der Waals surface area contributed by atoms with Crippen LogP contribution in [0.15, 0.2) is 41.1 Å². The van der Waals surface area contributed by atoms with Gasteiger partial charge in [-0.2, -0.15) is 0 Å². The molecular formula is C15H15BrFN3O. The van der Waals surface area contributed by atoms with E-state index in [0.717, 1.165) is 23.1 Å². The molecule has 2 rings (SSSR count). The molecule has 0 fully saturated rings. The average Bonchev–Trinajstić information content (AvgIpc) is 2.98. The van der Waals surface area contributed by atoms with Crippen LogP contribution in [0.25, 0.3) is 6.08 Å². The van der Waals surface area contributed by atoms with Crippen molar-refractivity contribution in [3.05, 3.63) is 58.3 Å². The first-order valence-electron chi connectivity index (χ1n) is 6.54. The van der Waals surface area contributed by atoms with E-state index in [1.807, 2.05) is 0 Å². The van der Waals surface area contributed by atoms with Crippen molar-refractivity contribution in [2.24, 2.45) is 0 Å². The highest BCUT2D eigenvalue weighted by atomic mass is 79.9. The number of hydrogen-bond acceptors (Lipinski definition) is 2. The molecule has 110 valence electrons. The van der Waals surface area contributed by atoms with Gasteiger partial charge >= 0.3 is 0 Å². The fourth-order valence-electron chi connectivity index (χ4n) is 1.77. The molecular weight excluding hydrogens is 337 g/mol. The van der Waals surface area contributed by atoms with Crippen LogP contribution in [0.5, 0.6) is 0 Å². The molecule has 6 heteroatoms. The van der Waals surface area contributed by atoms with Gasteiger partial charge in [0.2, 0.25) is 5.91 Å². The molecule has 2 aromatic rings. The predicted octanol–water partition coefficient (Wildman–Crippen LogP) is 3.07. The second-order valence-electron chi connectivity index (χ2n) is 4.43. The van der Waals surface area contributed by atoms with E-state index < -0.39 is 0 Å². The molecule has 0 unspecified atom stereocenters. The summed E-state index contributed by atoms with van der Waals surface area (Å²) in [6.45, 7) is 0.546. The Labute approximate surface area is 130 Å². The maximum atomic E-state index is 13.5. The quantitative estimate of drug-likeness (QED) is 0.620. The third-order valence-electron chi connectivity index (χ3n) is 2.82. The normalized spacial score (nSPS) is 11.0. The van der Waals surface area contributed by atoms with Gasteiger partial charge in [0.05, 0.1) is 0 Å². The van der Waals surface area contributed by atoms with Crippen LogP contribution < -0.4 is 5.32 Å².